The number of hydrogen-bond donors (Lipinski definition) is 2. The molecule has 6 heteroatoms. The minimum Gasteiger partial charge on any atom is -0.451 e. The van der Waals surface area contributed by atoms with Crippen LogP contribution in [0.2, 0.25) is 0 Å². The highest BCUT2D eigenvalue weighted by Crippen LogP contribution is 2.06. The highest BCUT2D eigenvalue weighted by molar-refractivity contribution is 5.97. The smallest absolute Gasteiger partial charge is 0.326 e. The van der Waals surface area contributed by atoms with Crippen molar-refractivity contribution in [2.24, 2.45) is 0 Å². The Morgan fingerprint density at radius 1 is 0.958 bits per heavy atom. The van der Waals surface area contributed by atoms with Gasteiger partial charge in [0.25, 0.3) is 11.8 Å². The number of carbonyl (C=O) groups is 3. The first-order chi connectivity index (χ1) is 11.6. The number of esters is 1. The molecule has 24 heavy (non-hydrogen) atoms. The fraction of sp³-hybridized carbons (Fsp3) is 0.167. The molecule has 2 amide bonds. The van der Waals surface area contributed by atoms with E-state index in [0.29, 0.717) is 11.3 Å². The molecule has 0 aliphatic carbocycles. The zero-order chi connectivity index (χ0) is 17.4. The first kappa shape index (κ1) is 17.2. The summed E-state index contributed by atoms with van der Waals surface area (Å²) >= 11 is 0. The molecule has 0 saturated heterocycles. The van der Waals surface area contributed by atoms with Crippen molar-refractivity contribution < 1.29 is 19.1 Å². The number of anilines is 1. The van der Waals surface area contributed by atoms with Gasteiger partial charge in [-0.3, -0.25) is 14.4 Å². The largest absolute Gasteiger partial charge is 0.451 e. The van der Waals surface area contributed by atoms with Crippen molar-refractivity contribution in [3.63, 3.8) is 0 Å². The summed E-state index contributed by atoms with van der Waals surface area (Å²) in [6.07, 6.45) is -0.966. The molecule has 0 aliphatic rings. The molecule has 2 aromatic rings. The van der Waals surface area contributed by atoms with Gasteiger partial charge in [0.05, 0.1) is 0 Å². The van der Waals surface area contributed by atoms with E-state index >= 15 is 0 Å². The Balaban J connectivity index is 1.77. The van der Waals surface area contributed by atoms with Crippen molar-refractivity contribution >= 4 is 23.5 Å². The predicted molar refractivity (Wildman–Crippen MR) is 89.4 cm³/mol. The molecule has 2 N–H and O–H groups in total. The highest BCUT2D eigenvalue weighted by atomic mass is 16.5. The Hall–Kier alpha value is -3.15. The van der Waals surface area contributed by atoms with Gasteiger partial charge in [0.2, 0.25) is 0 Å². The molecule has 0 saturated carbocycles. The zero-order valence-electron chi connectivity index (χ0n) is 13.2. The number of carbonyl (C=O) groups excluding carboxylic acids is 3. The topological polar surface area (TPSA) is 84.5 Å². The van der Waals surface area contributed by atoms with Crippen LogP contribution in [0.15, 0.2) is 60.7 Å². The number of benzene rings is 2. The summed E-state index contributed by atoms with van der Waals surface area (Å²) < 4.78 is 5.00. The standard InChI is InChI=1S/C18H18N2O4/c1-13(17(22)20-15-10-6-3-7-11-15)24-16(21)12-19-18(23)14-8-4-2-5-9-14/h2-11,13H,12H2,1H3,(H,19,23)(H,20,22)/t13-/m1/s1. The SMILES string of the molecule is C[C@@H](OC(=O)CNC(=O)c1ccccc1)C(=O)Nc1ccccc1. The Morgan fingerprint density at radius 2 is 1.54 bits per heavy atom. The fourth-order valence-electron chi connectivity index (χ4n) is 1.90. The first-order valence-corrected chi connectivity index (χ1v) is 7.45. The van der Waals surface area contributed by atoms with Gasteiger partial charge >= 0.3 is 5.97 Å². The molecular formula is C18H18N2O4. The Morgan fingerprint density at radius 3 is 2.17 bits per heavy atom. The van der Waals surface area contributed by atoms with E-state index in [2.05, 4.69) is 10.6 Å². The number of rotatable bonds is 6. The summed E-state index contributed by atoms with van der Waals surface area (Å²) in [5.41, 5.74) is 1.06. The van der Waals surface area contributed by atoms with E-state index < -0.39 is 18.0 Å². The number of amides is 2. The number of ether oxygens (including phenoxy) is 1. The monoisotopic (exact) mass is 326 g/mol. The molecule has 124 valence electrons. The normalized spacial score (nSPS) is 11.2. The summed E-state index contributed by atoms with van der Waals surface area (Å²) in [6.45, 7) is 1.16. The molecule has 2 aromatic carbocycles. The Kier molecular flexibility index (Phi) is 6.08. The molecule has 0 aromatic heterocycles. The van der Waals surface area contributed by atoms with Gasteiger partial charge in [-0.25, -0.2) is 0 Å². The van der Waals surface area contributed by atoms with Gasteiger partial charge in [-0.05, 0) is 31.2 Å². The molecule has 6 nitrogen and oxygen atoms in total. The van der Waals surface area contributed by atoms with Crippen LogP contribution < -0.4 is 10.6 Å². The van der Waals surface area contributed by atoms with Crippen LogP contribution in [0.1, 0.15) is 17.3 Å². The van der Waals surface area contributed by atoms with Crippen molar-refractivity contribution in [1.29, 1.82) is 0 Å². The predicted octanol–water partition coefficient (Wildman–Crippen LogP) is 1.99. The van der Waals surface area contributed by atoms with E-state index in [1.165, 1.54) is 6.92 Å². The lowest BCUT2D eigenvalue weighted by molar-refractivity contribution is -0.152. The van der Waals surface area contributed by atoms with Crippen molar-refractivity contribution in [3.05, 3.63) is 66.2 Å². The van der Waals surface area contributed by atoms with Crippen LogP contribution in [-0.2, 0) is 14.3 Å². The third-order valence-corrected chi connectivity index (χ3v) is 3.15. The molecule has 0 fully saturated rings. The van der Waals surface area contributed by atoms with E-state index in [9.17, 15) is 14.4 Å². The summed E-state index contributed by atoms with van der Waals surface area (Å²) in [5.74, 6) is -1.51. The van der Waals surface area contributed by atoms with E-state index in [0.717, 1.165) is 0 Å². The highest BCUT2D eigenvalue weighted by Gasteiger charge is 2.18. The van der Waals surface area contributed by atoms with Crippen molar-refractivity contribution in [2.45, 2.75) is 13.0 Å². The van der Waals surface area contributed by atoms with Crippen molar-refractivity contribution in [3.8, 4) is 0 Å². The summed E-state index contributed by atoms with van der Waals surface area (Å²) in [6, 6.07) is 17.4. The maximum absolute atomic E-state index is 11.9. The van der Waals surface area contributed by atoms with Crippen molar-refractivity contribution in [2.75, 3.05) is 11.9 Å². The van der Waals surface area contributed by atoms with Crippen LogP contribution in [0.25, 0.3) is 0 Å². The maximum Gasteiger partial charge on any atom is 0.326 e. The van der Waals surface area contributed by atoms with Gasteiger partial charge in [0.1, 0.15) is 6.54 Å². The minimum atomic E-state index is -0.966. The molecule has 2 rings (SSSR count). The fourth-order valence-corrected chi connectivity index (χ4v) is 1.90. The Bertz CT molecular complexity index is 701. The summed E-state index contributed by atoms with van der Waals surface area (Å²) in [5, 5.41) is 5.08. The van der Waals surface area contributed by atoms with Gasteiger partial charge < -0.3 is 15.4 Å². The molecule has 1 atom stereocenters. The van der Waals surface area contributed by atoms with Crippen LogP contribution in [0.4, 0.5) is 5.69 Å². The third kappa shape index (κ3) is 5.24. The van der Waals surface area contributed by atoms with Gasteiger partial charge in [-0.1, -0.05) is 36.4 Å². The molecular weight excluding hydrogens is 308 g/mol. The second-order valence-corrected chi connectivity index (χ2v) is 5.04. The maximum atomic E-state index is 11.9. The van der Waals surface area contributed by atoms with Crippen LogP contribution in [0.5, 0.6) is 0 Å². The summed E-state index contributed by atoms with van der Waals surface area (Å²) in [7, 11) is 0. The second kappa shape index (κ2) is 8.47. The van der Waals surface area contributed by atoms with Gasteiger partial charge in [0, 0.05) is 11.3 Å². The van der Waals surface area contributed by atoms with Gasteiger partial charge in [-0.15, -0.1) is 0 Å². The quantitative estimate of drug-likeness (QED) is 0.795. The summed E-state index contributed by atoms with van der Waals surface area (Å²) in [4.78, 5) is 35.5. The lowest BCUT2D eigenvalue weighted by Gasteiger charge is -2.13. The van der Waals surface area contributed by atoms with Gasteiger partial charge in [0.15, 0.2) is 6.10 Å². The average Bonchev–Trinajstić information content (AvgIpc) is 2.61. The van der Waals surface area contributed by atoms with Crippen LogP contribution in [-0.4, -0.2) is 30.4 Å². The van der Waals surface area contributed by atoms with Crippen LogP contribution in [0, 0.1) is 0 Å². The van der Waals surface area contributed by atoms with Crippen LogP contribution >= 0.6 is 0 Å². The molecule has 0 spiro atoms. The lowest BCUT2D eigenvalue weighted by atomic mass is 10.2. The van der Waals surface area contributed by atoms with E-state index in [1.54, 1.807) is 54.6 Å². The Labute approximate surface area is 139 Å². The van der Waals surface area contributed by atoms with E-state index in [1.807, 2.05) is 6.07 Å². The second-order valence-electron chi connectivity index (χ2n) is 5.04. The number of hydrogen-bond acceptors (Lipinski definition) is 4. The molecule has 0 aliphatic heterocycles. The first-order valence-electron chi connectivity index (χ1n) is 7.45. The number of nitrogens with one attached hydrogen (secondary N) is 2. The molecule has 0 radical (unpaired) electrons. The minimum absolute atomic E-state index is 0.309. The third-order valence-electron chi connectivity index (χ3n) is 3.15. The van der Waals surface area contributed by atoms with Crippen molar-refractivity contribution in [1.82, 2.24) is 5.32 Å². The van der Waals surface area contributed by atoms with E-state index in [-0.39, 0.29) is 12.5 Å². The average molecular weight is 326 g/mol. The molecule has 0 unspecified atom stereocenters. The van der Waals surface area contributed by atoms with Gasteiger partial charge in [-0.2, -0.15) is 0 Å². The lowest BCUT2D eigenvalue weighted by Crippen LogP contribution is -2.35. The van der Waals surface area contributed by atoms with Crippen LogP contribution in [0.3, 0.4) is 0 Å². The molecule has 0 heterocycles. The zero-order valence-corrected chi connectivity index (χ0v) is 13.2. The molecule has 0 bridgehead atoms. The number of para-hydroxylation sites is 1. The van der Waals surface area contributed by atoms with E-state index in [4.69, 9.17) is 4.74 Å².